The number of nitrogens with zero attached hydrogens (tertiary/aromatic N) is 5. The molecule has 3 heterocycles. The molecule has 1 amide bonds. The van der Waals surface area contributed by atoms with E-state index in [2.05, 4.69) is 31.4 Å². The van der Waals surface area contributed by atoms with E-state index in [1.54, 1.807) is 36.5 Å². The summed E-state index contributed by atoms with van der Waals surface area (Å²) in [5, 5.41) is 17.3. The summed E-state index contributed by atoms with van der Waals surface area (Å²) < 4.78 is 1.81. The number of amides is 1. The van der Waals surface area contributed by atoms with Gasteiger partial charge in [-0.1, -0.05) is 18.2 Å². The first-order valence-corrected chi connectivity index (χ1v) is 9.91. The second-order valence-corrected chi connectivity index (χ2v) is 7.24. The van der Waals surface area contributed by atoms with E-state index in [9.17, 15) is 4.79 Å². The van der Waals surface area contributed by atoms with Gasteiger partial charge in [-0.15, -0.1) is 0 Å². The Bertz CT molecular complexity index is 1480. The van der Waals surface area contributed by atoms with Crippen LogP contribution in [0.25, 0.3) is 22.3 Å². The summed E-state index contributed by atoms with van der Waals surface area (Å²) in [6.45, 7) is 0.506. The monoisotopic (exact) mass is 419 g/mol. The minimum atomic E-state index is -0.237. The number of nitrogens with one attached hydrogen (secondary N) is 2. The van der Waals surface area contributed by atoms with Crippen molar-refractivity contribution in [2.45, 2.75) is 6.54 Å². The fraction of sp³-hybridized carbons (Fsp3) is 0.0417. The Hall–Kier alpha value is -4.77. The van der Waals surface area contributed by atoms with Gasteiger partial charge >= 0.3 is 0 Å². The van der Waals surface area contributed by atoms with Crippen LogP contribution in [0.15, 0.2) is 79.5 Å². The van der Waals surface area contributed by atoms with Crippen molar-refractivity contribution in [2.75, 3.05) is 5.32 Å². The number of H-pyrrole nitrogens is 1. The van der Waals surface area contributed by atoms with E-state index in [-0.39, 0.29) is 5.91 Å². The number of aromatic nitrogens is 5. The number of nitriles is 1. The van der Waals surface area contributed by atoms with Crippen molar-refractivity contribution < 1.29 is 4.79 Å². The Morgan fingerprint density at radius 2 is 2.03 bits per heavy atom. The highest BCUT2D eigenvalue weighted by atomic mass is 16.1. The number of fused-ring (bicyclic) bond motifs is 1. The van der Waals surface area contributed by atoms with Crippen LogP contribution in [-0.2, 0) is 6.54 Å². The lowest BCUT2D eigenvalue weighted by molar-refractivity contribution is 0.102. The standard InChI is InChI=1S/C24H17N7O/c25-11-16-3-2-6-20(10-16)30-24(32)18-5-1-4-17(9-18)13-31-14-19(12-29-31)22-21-7-8-26-23(21)28-15-27-22/h1-10,12,14-15H,13H2,(H,30,32)(H,26,27,28). The van der Waals surface area contributed by atoms with Gasteiger partial charge < -0.3 is 10.3 Å². The maximum Gasteiger partial charge on any atom is 0.255 e. The quantitative estimate of drug-likeness (QED) is 0.447. The van der Waals surface area contributed by atoms with Gasteiger partial charge in [0.15, 0.2) is 0 Å². The molecule has 0 aliphatic carbocycles. The zero-order chi connectivity index (χ0) is 21.9. The Morgan fingerprint density at radius 1 is 1.12 bits per heavy atom. The summed E-state index contributed by atoms with van der Waals surface area (Å²) in [6, 6.07) is 18.2. The lowest BCUT2D eigenvalue weighted by Crippen LogP contribution is -2.12. The number of carbonyl (C=O) groups excluding carboxylic acids is 1. The van der Waals surface area contributed by atoms with Crippen molar-refractivity contribution in [1.29, 1.82) is 5.26 Å². The molecular weight excluding hydrogens is 402 g/mol. The van der Waals surface area contributed by atoms with Gasteiger partial charge in [0.1, 0.15) is 12.0 Å². The van der Waals surface area contributed by atoms with Crippen LogP contribution in [0.5, 0.6) is 0 Å². The third-order valence-corrected chi connectivity index (χ3v) is 5.04. The largest absolute Gasteiger partial charge is 0.346 e. The first kappa shape index (κ1) is 19.2. The number of rotatable bonds is 5. The van der Waals surface area contributed by atoms with Crippen LogP contribution in [0.2, 0.25) is 0 Å². The summed E-state index contributed by atoms with van der Waals surface area (Å²) >= 11 is 0. The molecule has 0 unspecified atom stereocenters. The molecule has 0 fully saturated rings. The summed E-state index contributed by atoms with van der Waals surface area (Å²) in [7, 11) is 0. The molecule has 0 aliphatic rings. The van der Waals surface area contributed by atoms with Gasteiger partial charge in [0.25, 0.3) is 5.91 Å². The van der Waals surface area contributed by atoms with Crippen LogP contribution in [0, 0.1) is 11.3 Å². The molecule has 8 nitrogen and oxygen atoms in total. The normalized spacial score (nSPS) is 10.7. The zero-order valence-electron chi connectivity index (χ0n) is 16.9. The van der Waals surface area contributed by atoms with Crippen LogP contribution in [0.4, 0.5) is 5.69 Å². The minimum Gasteiger partial charge on any atom is -0.346 e. The maximum absolute atomic E-state index is 12.7. The predicted octanol–water partition coefficient (Wildman–Crippen LogP) is 3.99. The molecule has 2 aromatic carbocycles. The van der Waals surface area contributed by atoms with Gasteiger partial charge in [-0.05, 0) is 42.0 Å². The Balaban J connectivity index is 1.34. The van der Waals surface area contributed by atoms with E-state index in [0.29, 0.717) is 23.4 Å². The molecule has 3 aromatic heterocycles. The van der Waals surface area contributed by atoms with Crippen LogP contribution in [-0.4, -0.2) is 30.6 Å². The third-order valence-electron chi connectivity index (χ3n) is 5.04. The number of anilines is 1. The second kappa shape index (κ2) is 8.16. The predicted molar refractivity (Wildman–Crippen MR) is 120 cm³/mol. The van der Waals surface area contributed by atoms with Gasteiger partial charge in [-0.25, -0.2) is 9.97 Å². The lowest BCUT2D eigenvalue weighted by atomic mass is 10.1. The molecule has 5 rings (SSSR count). The van der Waals surface area contributed by atoms with Crippen molar-refractivity contribution >= 4 is 22.6 Å². The molecule has 2 N–H and O–H groups in total. The average molecular weight is 419 g/mol. The second-order valence-electron chi connectivity index (χ2n) is 7.24. The van der Waals surface area contributed by atoms with Crippen LogP contribution in [0.1, 0.15) is 21.5 Å². The molecule has 0 atom stereocenters. The average Bonchev–Trinajstić information content (AvgIpc) is 3.49. The lowest BCUT2D eigenvalue weighted by Gasteiger charge is -2.08. The SMILES string of the molecule is N#Cc1cccc(NC(=O)c2cccc(Cn3cc(-c4ncnc5[nH]ccc45)cn3)c2)c1. The van der Waals surface area contributed by atoms with E-state index in [4.69, 9.17) is 5.26 Å². The number of aromatic amines is 1. The Morgan fingerprint density at radius 3 is 2.94 bits per heavy atom. The Labute approximate surface area is 183 Å². The van der Waals surface area contributed by atoms with Gasteiger partial charge in [0.2, 0.25) is 0 Å². The third kappa shape index (κ3) is 3.82. The first-order valence-electron chi connectivity index (χ1n) is 9.91. The molecule has 0 radical (unpaired) electrons. The van der Waals surface area contributed by atoms with Crippen LogP contribution < -0.4 is 5.32 Å². The molecule has 0 spiro atoms. The van der Waals surface area contributed by atoms with Crippen LogP contribution >= 0.6 is 0 Å². The molecule has 154 valence electrons. The molecule has 5 aromatic rings. The van der Waals surface area contributed by atoms with Gasteiger partial charge in [-0.3, -0.25) is 9.48 Å². The summed E-state index contributed by atoms with van der Waals surface area (Å²) in [4.78, 5) is 24.4. The van der Waals surface area contributed by atoms with E-state index in [1.165, 1.54) is 6.33 Å². The molecule has 32 heavy (non-hydrogen) atoms. The molecule has 8 heteroatoms. The molecule has 0 bridgehead atoms. The van der Waals surface area contributed by atoms with Crippen LogP contribution in [0.3, 0.4) is 0 Å². The van der Waals surface area contributed by atoms with Gasteiger partial charge in [0, 0.05) is 34.6 Å². The van der Waals surface area contributed by atoms with Crippen molar-refractivity contribution in [1.82, 2.24) is 24.7 Å². The summed E-state index contributed by atoms with van der Waals surface area (Å²) in [5.41, 5.74) is 5.03. The number of hydrogen-bond acceptors (Lipinski definition) is 5. The van der Waals surface area contributed by atoms with E-state index in [0.717, 1.165) is 27.9 Å². The van der Waals surface area contributed by atoms with E-state index >= 15 is 0 Å². The zero-order valence-corrected chi connectivity index (χ0v) is 16.9. The summed E-state index contributed by atoms with van der Waals surface area (Å²) in [6.07, 6.45) is 7.06. The topological polar surface area (TPSA) is 112 Å². The number of benzene rings is 2. The highest BCUT2D eigenvalue weighted by molar-refractivity contribution is 6.04. The van der Waals surface area contributed by atoms with E-state index in [1.807, 2.05) is 41.3 Å². The summed E-state index contributed by atoms with van der Waals surface area (Å²) in [5.74, 6) is -0.237. The smallest absolute Gasteiger partial charge is 0.255 e. The Kier molecular flexibility index (Phi) is 4.90. The first-order chi connectivity index (χ1) is 15.7. The molecule has 0 aliphatic heterocycles. The molecular formula is C24H17N7O. The fourth-order valence-electron chi connectivity index (χ4n) is 3.54. The van der Waals surface area contributed by atoms with Crippen molar-refractivity contribution in [3.05, 3.63) is 96.2 Å². The number of carbonyl (C=O) groups is 1. The van der Waals surface area contributed by atoms with Gasteiger partial charge in [0.05, 0.1) is 30.1 Å². The highest BCUT2D eigenvalue weighted by Gasteiger charge is 2.11. The van der Waals surface area contributed by atoms with Crippen molar-refractivity contribution in [3.63, 3.8) is 0 Å². The fourth-order valence-corrected chi connectivity index (χ4v) is 3.54. The van der Waals surface area contributed by atoms with Gasteiger partial charge in [-0.2, -0.15) is 10.4 Å². The molecule has 0 saturated carbocycles. The van der Waals surface area contributed by atoms with Crippen molar-refractivity contribution in [2.24, 2.45) is 0 Å². The molecule has 0 saturated heterocycles. The van der Waals surface area contributed by atoms with E-state index < -0.39 is 0 Å². The maximum atomic E-state index is 12.7. The van der Waals surface area contributed by atoms with Crippen molar-refractivity contribution in [3.8, 4) is 17.3 Å². The highest BCUT2D eigenvalue weighted by Crippen LogP contribution is 2.24. The number of hydrogen-bond donors (Lipinski definition) is 2. The minimum absolute atomic E-state index is 0.237.